The Hall–Kier alpha value is -0.860. The van der Waals surface area contributed by atoms with E-state index in [1.807, 2.05) is 0 Å². The smallest absolute Gasteiger partial charge is 0.0861 e. The predicted molar refractivity (Wildman–Crippen MR) is 69.1 cm³/mol. The van der Waals surface area contributed by atoms with Crippen LogP contribution in [0.25, 0.3) is 0 Å². The number of hydrogen-bond donors (Lipinski definition) is 1. The van der Waals surface area contributed by atoms with E-state index in [1.165, 1.54) is 29.5 Å². The fourth-order valence-electron chi connectivity index (χ4n) is 2.38. The Morgan fingerprint density at radius 2 is 2.00 bits per heavy atom. The van der Waals surface area contributed by atoms with Crippen molar-refractivity contribution in [2.45, 2.75) is 45.3 Å². The van der Waals surface area contributed by atoms with E-state index in [2.05, 4.69) is 32.0 Å². The van der Waals surface area contributed by atoms with Crippen molar-refractivity contribution in [1.82, 2.24) is 0 Å². The van der Waals surface area contributed by atoms with Gasteiger partial charge in [-0.25, -0.2) is 0 Å². The molecule has 0 saturated heterocycles. The molecule has 1 saturated carbocycles. The second-order valence-corrected chi connectivity index (χ2v) is 5.23. The van der Waals surface area contributed by atoms with Gasteiger partial charge in [-0.1, -0.05) is 18.2 Å². The highest BCUT2D eigenvalue weighted by Crippen LogP contribution is 2.36. The Morgan fingerprint density at radius 3 is 2.53 bits per heavy atom. The number of aliphatic hydroxyl groups is 1. The Balaban J connectivity index is 2.01. The van der Waals surface area contributed by atoms with Crippen LogP contribution in [0.15, 0.2) is 18.2 Å². The zero-order valence-electron chi connectivity index (χ0n) is 10.9. The minimum atomic E-state index is -0.380. The highest BCUT2D eigenvalue weighted by Gasteiger charge is 2.35. The summed E-state index contributed by atoms with van der Waals surface area (Å²) in [5.41, 5.74) is 3.78. The normalized spacial score (nSPS) is 19.1. The molecule has 0 aromatic heterocycles. The molecule has 0 amide bonds. The van der Waals surface area contributed by atoms with Gasteiger partial charge in [0.1, 0.15) is 0 Å². The quantitative estimate of drug-likeness (QED) is 0.848. The molecule has 2 atom stereocenters. The molecule has 2 heteroatoms. The maximum absolute atomic E-state index is 10.2. The maximum atomic E-state index is 10.2. The Bertz CT molecular complexity index is 383. The molecule has 1 fully saturated rings. The molecule has 0 heterocycles. The Kier molecular flexibility index (Phi) is 3.85. The third-order valence-electron chi connectivity index (χ3n) is 3.75. The zero-order valence-corrected chi connectivity index (χ0v) is 10.9. The molecule has 0 aliphatic heterocycles. The monoisotopic (exact) mass is 234 g/mol. The lowest BCUT2D eigenvalue weighted by molar-refractivity contribution is -0.0237. The van der Waals surface area contributed by atoms with E-state index in [-0.39, 0.29) is 12.2 Å². The summed E-state index contributed by atoms with van der Waals surface area (Å²) in [4.78, 5) is 0. The van der Waals surface area contributed by atoms with Crippen LogP contribution >= 0.6 is 0 Å². The summed E-state index contributed by atoms with van der Waals surface area (Å²) < 4.78 is 5.41. The summed E-state index contributed by atoms with van der Waals surface area (Å²) in [6.45, 7) is 4.22. The largest absolute Gasteiger partial charge is 0.390 e. The Morgan fingerprint density at radius 1 is 1.29 bits per heavy atom. The minimum absolute atomic E-state index is 0.0107. The fraction of sp³-hybridized carbons (Fsp3) is 0.600. The minimum Gasteiger partial charge on any atom is -0.390 e. The summed E-state index contributed by atoms with van der Waals surface area (Å²) in [6.07, 6.45) is 2.72. The number of ether oxygens (including phenoxy) is 1. The summed E-state index contributed by atoms with van der Waals surface area (Å²) in [5.74, 6) is 0.571. The van der Waals surface area contributed by atoms with E-state index in [0.717, 1.165) is 0 Å². The molecule has 2 nitrogen and oxygen atoms in total. The third kappa shape index (κ3) is 3.08. The Labute approximate surface area is 104 Å². The van der Waals surface area contributed by atoms with E-state index < -0.39 is 0 Å². The van der Waals surface area contributed by atoms with Gasteiger partial charge in [-0.3, -0.25) is 0 Å². The van der Waals surface area contributed by atoms with Gasteiger partial charge in [0.25, 0.3) is 0 Å². The van der Waals surface area contributed by atoms with Crippen LogP contribution in [0.1, 0.15) is 29.5 Å². The van der Waals surface area contributed by atoms with Gasteiger partial charge in [0.05, 0.1) is 12.2 Å². The van der Waals surface area contributed by atoms with Crippen molar-refractivity contribution in [1.29, 1.82) is 0 Å². The summed E-state index contributed by atoms with van der Waals surface area (Å²) in [5, 5.41) is 10.2. The lowest BCUT2D eigenvalue weighted by Crippen LogP contribution is -2.31. The van der Waals surface area contributed by atoms with Crippen LogP contribution in [-0.4, -0.2) is 24.4 Å². The number of aryl methyl sites for hydroxylation is 2. The van der Waals surface area contributed by atoms with Crippen molar-refractivity contribution in [2.75, 3.05) is 7.11 Å². The van der Waals surface area contributed by atoms with E-state index in [4.69, 9.17) is 4.74 Å². The lowest BCUT2D eigenvalue weighted by atomic mass is 9.98. The molecule has 0 radical (unpaired) electrons. The van der Waals surface area contributed by atoms with Crippen molar-refractivity contribution in [3.63, 3.8) is 0 Å². The predicted octanol–water partition coefficient (Wildman–Crippen LogP) is 2.63. The molecule has 2 rings (SSSR count). The molecular weight excluding hydrogens is 212 g/mol. The molecule has 94 valence electrons. The summed E-state index contributed by atoms with van der Waals surface area (Å²) >= 11 is 0. The lowest BCUT2D eigenvalue weighted by Gasteiger charge is -2.21. The SMILES string of the molecule is COC(C(O)Cc1ccc(C)c(C)c1)C1CC1. The van der Waals surface area contributed by atoms with Crippen molar-refractivity contribution in [2.24, 2.45) is 5.92 Å². The van der Waals surface area contributed by atoms with Crippen LogP contribution in [0, 0.1) is 19.8 Å². The molecule has 1 aromatic carbocycles. The van der Waals surface area contributed by atoms with Gasteiger partial charge in [0, 0.05) is 13.5 Å². The van der Waals surface area contributed by atoms with E-state index >= 15 is 0 Å². The fourth-order valence-corrected chi connectivity index (χ4v) is 2.38. The van der Waals surface area contributed by atoms with Gasteiger partial charge >= 0.3 is 0 Å². The van der Waals surface area contributed by atoms with Crippen molar-refractivity contribution in [3.8, 4) is 0 Å². The van der Waals surface area contributed by atoms with Crippen molar-refractivity contribution < 1.29 is 9.84 Å². The maximum Gasteiger partial charge on any atom is 0.0861 e. The second-order valence-electron chi connectivity index (χ2n) is 5.23. The summed E-state index contributed by atoms with van der Waals surface area (Å²) in [6, 6.07) is 6.39. The summed E-state index contributed by atoms with van der Waals surface area (Å²) in [7, 11) is 1.70. The van der Waals surface area contributed by atoms with Gasteiger partial charge in [0.2, 0.25) is 0 Å². The average Bonchev–Trinajstić information content (AvgIpc) is 3.09. The van der Waals surface area contributed by atoms with Crippen LogP contribution in [0.3, 0.4) is 0 Å². The first-order chi connectivity index (χ1) is 8.11. The molecule has 17 heavy (non-hydrogen) atoms. The van der Waals surface area contributed by atoms with Gasteiger partial charge in [0.15, 0.2) is 0 Å². The third-order valence-corrected chi connectivity index (χ3v) is 3.75. The number of rotatable bonds is 5. The van der Waals surface area contributed by atoms with Crippen LogP contribution in [-0.2, 0) is 11.2 Å². The highest BCUT2D eigenvalue weighted by atomic mass is 16.5. The number of benzene rings is 1. The highest BCUT2D eigenvalue weighted by molar-refractivity contribution is 5.30. The first kappa shape index (κ1) is 12.6. The van der Waals surface area contributed by atoms with Crippen molar-refractivity contribution in [3.05, 3.63) is 34.9 Å². The number of methoxy groups -OCH3 is 1. The first-order valence-electron chi connectivity index (χ1n) is 6.39. The van der Waals surface area contributed by atoms with Gasteiger partial charge < -0.3 is 9.84 Å². The number of aliphatic hydroxyl groups excluding tert-OH is 1. The molecule has 1 aromatic rings. The standard InChI is InChI=1S/C15H22O2/c1-10-4-5-12(8-11(10)2)9-14(16)15(17-3)13-6-7-13/h4-5,8,13-16H,6-7,9H2,1-3H3. The number of hydrogen-bond acceptors (Lipinski definition) is 2. The topological polar surface area (TPSA) is 29.5 Å². The van der Waals surface area contributed by atoms with E-state index in [1.54, 1.807) is 7.11 Å². The molecule has 0 bridgehead atoms. The van der Waals surface area contributed by atoms with Crippen LogP contribution in [0.5, 0.6) is 0 Å². The van der Waals surface area contributed by atoms with E-state index in [0.29, 0.717) is 12.3 Å². The molecule has 1 aliphatic rings. The van der Waals surface area contributed by atoms with E-state index in [9.17, 15) is 5.11 Å². The molecule has 0 spiro atoms. The van der Waals surface area contributed by atoms with Crippen LogP contribution in [0.4, 0.5) is 0 Å². The first-order valence-corrected chi connectivity index (χ1v) is 6.39. The zero-order chi connectivity index (χ0) is 12.4. The van der Waals surface area contributed by atoms with Gasteiger partial charge in [-0.15, -0.1) is 0 Å². The van der Waals surface area contributed by atoms with Crippen LogP contribution in [0.2, 0.25) is 0 Å². The van der Waals surface area contributed by atoms with Crippen molar-refractivity contribution >= 4 is 0 Å². The molecule has 2 unspecified atom stereocenters. The second kappa shape index (κ2) is 5.19. The molecule has 1 N–H and O–H groups in total. The average molecular weight is 234 g/mol. The van der Waals surface area contributed by atoms with Crippen LogP contribution < -0.4 is 0 Å². The van der Waals surface area contributed by atoms with Gasteiger partial charge in [-0.05, 0) is 49.3 Å². The molecular formula is C15H22O2. The molecule has 1 aliphatic carbocycles. The van der Waals surface area contributed by atoms with Gasteiger partial charge in [-0.2, -0.15) is 0 Å².